The minimum atomic E-state index is -3.54. The van der Waals surface area contributed by atoms with E-state index < -0.39 is 10.0 Å². The van der Waals surface area contributed by atoms with E-state index >= 15 is 0 Å². The summed E-state index contributed by atoms with van der Waals surface area (Å²) in [6.45, 7) is 4.56. The van der Waals surface area contributed by atoms with Gasteiger partial charge in [-0.3, -0.25) is 4.79 Å². The van der Waals surface area contributed by atoms with Gasteiger partial charge in [0.25, 0.3) is 5.22 Å². The van der Waals surface area contributed by atoms with Gasteiger partial charge in [-0.2, -0.15) is 4.31 Å². The Morgan fingerprint density at radius 1 is 1.00 bits per heavy atom. The van der Waals surface area contributed by atoms with Gasteiger partial charge in [0.05, 0.1) is 10.1 Å². The topological polar surface area (TPSA) is 96.6 Å². The summed E-state index contributed by atoms with van der Waals surface area (Å²) in [5.74, 6) is 0.337. The van der Waals surface area contributed by atoms with Crippen molar-refractivity contribution < 1.29 is 17.6 Å². The van der Waals surface area contributed by atoms with Crippen LogP contribution in [0.25, 0.3) is 11.5 Å². The van der Waals surface area contributed by atoms with Crippen LogP contribution < -0.4 is 0 Å². The van der Waals surface area contributed by atoms with Crippen molar-refractivity contribution in [2.45, 2.75) is 67.2 Å². The van der Waals surface area contributed by atoms with Gasteiger partial charge in [0.2, 0.25) is 21.8 Å². The summed E-state index contributed by atoms with van der Waals surface area (Å²) >= 11 is 1.24. The molecule has 32 heavy (non-hydrogen) atoms. The molecule has 0 aliphatic carbocycles. The number of rotatable bonds is 6. The van der Waals surface area contributed by atoms with Crippen LogP contribution in [0.3, 0.4) is 0 Å². The third-order valence-electron chi connectivity index (χ3n) is 5.98. The predicted octanol–water partition coefficient (Wildman–Crippen LogP) is 3.79. The molecule has 1 aromatic carbocycles. The van der Waals surface area contributed by atoms with Crippen LogP contribution in [0.4, 0.5) is 0 Å². The van der Waals surface area contributed by atoms with Crippen LogP contribution in [0.15, 0.2) is 38.8 Å². The Kier molecular flexibility index (Phi) is 7.52. The maximum atomic E-state index is 13.0. The lowest BCUT2D eigenvalue weighted by atomic mass is 10.2. The number of hydrogen-bond acceptors (Lipinski definition) is 7. The Balaban J connectivity index is 1.45. The summed E-state index contributed by atoms with van der Waals surface area (Å²) in [5.41, 5.74) is 0.550. The third kappa shape index (κ3) is 5.35. The first kappa shape index (κ1) is 23.3. The van der Waals surface area contributed by atoms with Crippen LogP contribution in [0.1, 0.15) is 51.9 Å². The average Bonchev–Trinajstić information content (AvgIpc) is 3.11. The van der Waals surface area contributed by atoms with Gasteiger partial charge in [0, 0.05) is 31.7 Å². The Morgan fingerprint density at radius 2 is 1.66 bits per heavy atom. The molecule has 1 unspecified atom stereocenters. The van der Waals surface area contributed by atoms with E-state index in [9.17, 15) is 13.2 Å². The number of thioether (sulfide) groups is 1. The molecular formula is C22H30N4O4S2. The Bertz CT molecular complexity index is 1030. The van der Waals surface area contributed by atoms with Crippen molar-refractivity contribution in [1.29, 1.82) is 0 Å². The molecule has 4 rings (SSSR count). The van der Waals surface area contributed by atoms with E-state index in [0.29, 0.717) is 23.9 Å². The molecule has 1 aromatic heterocycles. The molecule has 0 radical (unpaired) electrons. The van der Waals surface area contributed by atoms with E-state index in [-0.39, 0.29) is 21.9 Å². The van der Waals surface area contributed by atoms with E-state index in [4.69, 9.17) is 4.42 Å². The minimum Gasteiger partial charge on any atom is -0.411 e. The molecule has 2 aliphatic rings. The number of hydrogen-bond donors (Lipinski definition) is 0. The first-order valence-corrected chi connectivity index (χ1v) is 13.7. The standard InChI is InChI=1S/C22H30N4O4S2/c1-17(21(27)25-12-5-2-3-6-13-25)31-22-24-23-20(30-22)18-10-9-11-19(16-18)32(28,29)26-14-7-4-8-15-26/h9-11,16-17H,2-8,12-15H2,1H3. The van der Waals surface area contributed by atoms with Crippen LogP contribution in [0, 0.1) is 0 Å². The molecule has 0 N–H and O–H groups in total. The molecular weight excluding hydrogens is 448 g/mol. The molecule has 8 nitrogen and oxygen atoms in total. The van der Waals surface area contributed by atoms with Gasteiger partial charge in [-0.1, -0.05) is 37.1 Å². The summed E-state index contributed by atoms with van der Waals surface area (Å²) in [6.07, 6.45) is 7.27. The fourth-order valence-corrected chi connectivity index (χ4v) is 6.50. The number of aromatic nitrogens is 2. The molecule has 0 bridgehead atoms. The lowest BCUT2D eigenvalue weighted by Gasteiger charge is -2.25. The van der Waals surface area contributed by atoms with Crippen LogP contribution in [0.2, 0.25) is 0 Å². The maximum Gasteiger partial charge on any atom is 0.277 e. The molecule has 2 saturated heterocycles. The Hall–Kier alpha value is -1.91. The summed E-state index contributed by atoms with van der Waals surface area (Å²) in [6, 6.07) is 6.62. The van der Waals surface area contributed by atoms with E-state index in [1.54, 1.807) is 28.6 Å². The highest BCUT2D eigenvalue weighted by Gasteiger charge is 2.27. The van der Waals surface area contributed by atoms with Crippen molar-refractivity contribution in [3.8, 4) is 11.5 Å². The molecule has 10 heteroatoms. The fraction of sp³-hybridized carbons (Fsp3) is 0.591. The number of sulfonamides is 1. The first-order chi connectivity index (χ1) is 15.4. The van der Waals surface area contributed by atoms with Gasteiger partial charge in [0.15, 0.2) is 0 Å². The van der Waals surface area contributed by atoms with E-state index in [1.807, 2.05) is 11.8 Å². The van der Waals surface area contributed by atoms with Crippen molar-refractivity contribution in [1.82, 2.24) is 19.4 Å². The monoisotopic (exact) mass is 478 g/mol. The second-order valence-corrected chi connectivity index (χ2v) is 11.6. The summed E-state index contributed by atoms with van der Waals surface area (Å²) in [4.78, 5) is 14.9. The predicted molar refractivity (Wildman–Crippen MR) is 123 cm³/mol. The summed E-state index contributed by atoms with van der Waals surface area (Å²) < 4.78 is 33.3. The second kappa shape index (κ2) is 10.4. The van der Waals surface area contributed by atoms with Gasteiger partial charge in [-0.15, -0.1) is 10.2 Å². The lowest BCUT2D eigenvalue weighted by molar-refractivity contribution is -0.130. The number of likely N-dealkylation sites (tertiary alicyclic amines) is 1. The summed E-state index contributed by atoms with van der Waals surface area (Å²) in [5, 5.41) is 8.15. The fourth-order valence-electron chi connectivity index (χ4n) is 4.17. The molecule has 1 atom stereocenters. The number of nitrogens with zero attached hydrogens (tertiary/aromatic N) is 4. The molecule has 174 valence electrons. The Morgan fingerprint density at radius 3 is 2.38 bits per heavy atom. The lowest BCUT2D eigenvalue weighted by Crippen LogP contribution is -2.37. The summed E-state index contributed by atoms with van der Waals surface area (Å²) in [7, 11) is -3.54. The Labute approximate surface area is 193 Å². The molecule has 2 aromatic rings. The molecule has 0 saturated carbocycles. The molecule has 1 amide bonds. The maximum absolute atomic E-state index is 13.0. The van der Waals surface area contributed by atoms with E-state index in [1.165, 1.54) is 24.6 Å². The van der Waals surface area contributed by atoms with Crippen molar-refractivity contribution in [2.24, 2.45) is 0 Å². The average molecular weight is 479 g/mol. The second-order valence-electron chi connectivity index (χ2n) is 8.37. The highest BCUT2D eigenvalue weighted by molar-refractivity contribution is 8.00. The van der Waals surface area contributed by atoms with Crippen molar-refractivity contribution in [3.05, 3.63) is 24.3 Å². The zero-order valence-electron chi connectivity index (χ0n) is 18.4. The smallest absolute Gasteiger partial charge is 0.277 e. The minimum absolute atomic E-state index is 0.0891. The molecule has 2 aliphatic heterocycles. The zero-order chi connectivity index (χ0) is 22.6. The molecule has 3 heterocycles. The van der Waals surface area contributed by atoms with Gasteiger partial charge < -0.3 is 9.32 Å². The quantitative estimate of drug-likeness (QED) is 0.583. The SMILES string of the molecule is CC(Sc1nnc(-c2cccc(S(=O)(=O)N3CCCCC3)c2)o1)C(=O)N1CCCCCC1. The van der Waals surface area contributed by atoms with Crippen LogP contribution in [-0.4, -0.2) is 65.2 Å². The highest BCUT2D eigenvalue weighted by Crippen LogP contribution is 2.29. The van der Waals surface area contributed by atoms with Gasteiger partial charge in [-0.25, -0.2) is 8.42 Å². The van der Waals surface area contributed by atoms with Crippen molar-refractivity contribution >= 4 is 27.7 Å². The normalized spacial score (nSPS) is 19.5. The highest BCUT2D eigenvalue weighted by atomic mass is 32.2. The third-order valence-corrected chi connectivity index (χ3v) is 8.80. The van der Waals surface area contributed by atoms with Crippen LogP contribution in [-0.2, 0) is 14.8 Å². The van der Waals surface area contributed by atoms with Crippen LogP contribution in [0.5, 0.6) is 0 Å². The molecule has 2 fully saturated rings. The number of benzene rings is 1. The largest absolute Gasteiger partial charge is 0.411 e. The van der Waals surface area contributed by atoms with Gasteiger partial charge in [-0.05, 0) is 50.8 Å². The molecule has 0 spiro atoms. The number of carbonyl (C=O) groups excluding carboxylic acids is 1. The first-order valence-electron chi connectivity index (χ1n) is 11.3. The van der Waals surface area contributed by atoms with Crippen LogP contribution >= 0.6 is 11.8 Å². The van der Waals surface area contributed by atoms with Gasteiger partial charge >= 0.3 is 0 Å². The van der Waals surface area contributed by atoms with Crippen molar-refractivity contribution in [2.75, 3.05) is 26.2 Å². The number of piperidine rings is 1. The number of amides is 1. The van der Waals surface area contributed by atoms with Crippen molar-refractivity contribution in [3.63, 3.8) is 0 Å². The van der Waals surface area contributed by atoms with E-state index in [2.05, 4.69) is 10.2 Å². The van der Waals surface area contributed by atoms with E-state index in [0.717, 1.165) is 45.2 Å². The zero-order valence-corrected chi connectivity index (χ0v) is 20.0. The van der Waals surface area contributed by atoms with Gasteiger partial charge in [0.1, 0.15) is 0 Å². The number of carbonyl (C=O) groups is 1.